The van der Waals surface area contributed by atoms with Crippen molar-refractivity contribution in [3.8, 4) is 11.3 Å². The van der Waals surface area contributed by atoms with Crippen LogP contribution in [0.25, 0.3) is 22.0 Å². The topological polar surface area (TPSA) is 80.9 Å². The van der Waals surface area contributed by atoms with E-state index in [9.17, 15) is 4.79 Å². The fourth-order valence-electron chi connectivity index (χ4n) is 3.30. The maximum atomic E-state index is 13.0. The molecule has 0 saturated carbocycles. The summed E-state index contributed by atoms with van der Waals surface area (Å²) in [5, 5.41) is 11.6. The molecule has 0 saturated heterocycles. The van der Waals surface area contributed by atoms with E-state index in [-0.39, 0.29) is 5.91 Å². The zero-order valence-corrected chi connectivity index (χ0v) is 18.7. The molecule has 0 spiro atoms. The molecule has 0 fully saturated rings. The fraction of sp³-hybridized carbons (Fsp3) is 0.0833. The van der Waals surface area contributed by atoms with Crippen molar-refractivity contribution in [3.05, 3.63) is 89.4 Å². The molecular weight excluding hydrogens is 440 g/mol. The quantitative estimate of drug-likeness (QED) is 0.305. The van der Waals surface area contributed by atoms with E-state index in [2.05, 4.69) is 44.7 Å². The van der Waals surface area contributed by atoms with E-state index in [0.29, 0.717) is 28.2 Å². The molecule has 8 heteroatoms. The molecule has 3 aromatic carbocycles. The van der Waals surface area contributed by atoms with E-state index < -0.39 is 0 Å². The van der Waals surface area contributed by atoms with Crippen molar-refractivity contribution in [1.29, 1.82) is 0 Å². The Morgan fingerprint density at radius 2 is 1.84 bits per heavy atom. The largest absolute Gasteiger partial charge is 0.338 e. The zero-order valence-electron chi connectivity index (χ0n) is 17.1. The Labute approximate surface area is 192 Å². The van der Waals surface area contributed by atoms with Crippen molar-refractivity contribution < 1.29 is 9.32 Å². The highest BCUT2D eigenvalue weighted by atomic mass is 32.2. The third kappa shape index (κ3) is 4.42. The number of hydrogen-bond acceptors (Lipinski definition) is 7. The van der Waals surface area contributed by atoms with Crippen molar-refractivity contribution in [1.82, 2.24) is 15.1 Å². The lowest BCUT2D eigenvalue weighted by molar-refractivity contribution is 0.102. The number of amides is 1. The van der Waals surface area contributed by atoms with E-state index in [1.807, 2.05) is 41.8 Å². The number of rotatable bonds is 6. The number of aromatic nitrogens is 3. The van der Waals surface area contributed by atoms with Crippen LogP contribution in [-0.4, -0.2) is 21.0 Å². The van der Waals surface area contributed by atoms with Gasteiger partial charge in [-0.05, 0) is 35.9 Å². The maximum absolute atomic E-state index is 13.0. The van der Waals surface area contributed by atoms with Gasteiger partial charge in [-0.2, -0.15) is 4.98 Å². The van der Waals surface area contributed by atoms with E-state index in [1.54, 1.807) is 13.0 Å². The van der Waals surface area contributed by atoms with Crippen LogP contribution in [0.15, 0.2) is 81.5 Å². The van der Waals surface area contributed by atoms with Gasteiger partial charge in [-0.15, -0.1) is 23.1 Å². The number of benzene rings is 3. The van der Waals surface area contributed by atoms with Gasteiger partial charge < -0.3 is 4.52 Å². The molecule has 32 heavy (non-hydrogen) atoms. The molecule has 1 N–H and O–H groups in total. The number of nitrogens with one attached hydrogen (secondary N) is 1. The minimum atomic E-state index is -0.200. The summed E-state index contributed by atoms with van der Waals surface area (Å²) in [6.45, 7) is 1.78. The van der Waals surface area contributed by atoms with Crippen LogP contribution in [0, 0.1) is 6.92 Å². The first-order chi connectivity index (χ1) is 15.7. The van der Waals surface area contributed by atoms with Crippen molar-refractivity contribution in [3.63, 3.8) is 0 Å². The second-order valence-corrected chi connectivity index (χ2v) is 8.95. The van der Waals surface area contributed by atoms with Crippen LogP contribution in [0.3, 0.4) is 0 Å². The molecule has 2 aromatic heterocycles. The first-order valence-corrected chi connectivity index (χ1v) is 11.8. The predicted molar refractivity (Wildman–Crippen MR) is 128 cm³/mol. The molecule has 6 nitrogen and oxygen atoms in total. The van der Waals surface area contributed by atoms with E-state index in [0.717, 1.165) is 21.5 Å². The monoisotopic (exact) mass is 458 g/mol. The van der Waals surface area contributed by atoms with Gasteiger partial charge in [-0.1, -0.05) is 53.7 Å². The number of hydrogen-bond donors (Lipinski definition) is 1. The molecule has 0 aliphatic rings. The zero-order chi connectivity index (χ0) is 21.9. The molecule has 0 unspecified atom stereocenters. The van der Waals surface area contributed by atoms with Crippen LogP contribution in [0.5, 0.6) is 0 Å². The lowest BCUT2D eigenvalue weighted by Gasteiger charge is -2.07. The Bertz CT molecular complexity index is 1410. The normalized spacial score (nSPS) is 11.0. The van der Waals surface area contributed by atoms with Crippen molar-refractivity contribution in [2.45, 2.75) is 17.6 Å². The number of carbonyl (C=O) groups is 1. The van der Waals surface area contributed by atoms with Crippen molar-refractivity contribution >= 4 is 44.9 Å². The number of thiazole rings is 1. The van der Waals surface area contributed by atoms with Gasteiger partial charge in [0.05, 0.1) is 17.0 Å². The van der Waals surface area contributed by atoms with Crippen LogP contribution in [0.2, 0.25) is 0 Å². The van der Waals surface area contributed by atoms with Crippen LogP contribution in [0.4, 0.5) is 5.13 Å². The summed E-state index contributed by atoms with van der Waals surface area (Å²) in [6.07, 6.45) is 0. The highest BCUT2D eigenvalue weighted by Crippen LogP contribution is 2.30. The molecule has 0 aliphatic carbocycles. The van der Waals surface area contributed by atoms with E-state index in [1.165, 1.54) is 28.5 Å². The fourth-order valence-corrected chi connectivity index (χ4v) is 4.90. The predicted octanol–water partition coefficient (Wildman–Crippen LogP) is 6.20. The van der Waals surface area contributed by atoms with Gasteiger partial charge in [0, 0.05) is 15.8 Å². The summed E-state index contributed by atoms with van der Waals surface area (Å²) < 4.78 is 5.16. The Hall–Kier alpha value is -3.49. The Morgan fingerprint density at radius 3 is 2.69 bits per heavy atom. The van der Waals surface area contributed by atoms with Gasteiger partial charge >= 0.3 is 0 Å². The van der Waals surface area contributed by atoms with E-state index in [4.69, 9.17) is 4.52 Å². The molecular formula is C24H18N4O2S2. The first-order valence-electron chi connectivity index (χ1n) is 9.93. The van der Waals surface area contributed by atoms with Crippen LogP contribution >= 0.6 is 23.1 Å². The van der Waals surface area contributed by atoms with Crippen LogP contribution < -0.4 is 5.32 Å². The van der Waals surface area contributed by atoms with Crippen molar-refractivity contribution in [2.24, 2.45) is 0 Å². The average molecular weight is 459 g/mol. The molecule has 158 valence electrons. The Morgan fingerprint density at radius 1 is 1.03 bits per heavy atom. The summed E-state index contributed by atoms with van der Waals surface area (Å²) in [6, 6.07) is 21.9. The summed E-state index contributed by atoms with van der Waals surface area (Å²) in [7, 11) is 0. The van der Waals surface area contributed by atoms with Gasteiger partial charge in [0.25, 0.3) is 5.91 Å². The number of anilines is 1. The number of nitrogens with zero attached hydrogens (tertiary/aromatic N) is 3. The lowest BCUT2D eigenvalue weighted by atomic mass is 10.1. The summed E-state index contributed by atoms with van der Waals surface area (Å²) in [5.74, 6) is 1.42. The molecule has 1 amide bonds. The van der Waals surface area contributed by atoms with Crippen LogP contribution in [0.1, 0.15) is 22.1 Å². The third-order valence-corrected chi connectivity index (χ3v) is 6.64. The molecule has 2 heterocycles. The summed E-state index contributed by atoms with van der Waals surface area (Å²) in [5.41, 5.74) is 2.44. The molecule has 0 aliphatic heterocycles. The first kappa shape index (κ1) is 20.4. The smallest absolute Gasteiger partial charge is 0.258 e. The number of thioether (sulfide) groups is 1. The van der Waals surface area contributed by atoms with Gasteiger partial charge in [-0.25, -0.2) is 4.98 Å². The Kier molecular flexibility index (Phi) is 5.70. The molecule has 0 bridgehead atoms. The molecule has 0 radical (unpaired) electrons. The number of aryl methyl sites for hydroxylation is 1. The second kappa shape index (κ2) is 8.94. The minimum Gasteiger partial charge on any atom is -0.338 e. The minimum absolute atomic E-state index is 0.200. The number of carbonyl (C=O) groups excluding carboxylic acids is 1. The van der Waals surface area contributed by atoms with Gasteiger partial charge in [0.15, 0.2) is 11.0 Å². The number of fused-ring (bicyclic) bond motifs is 1. The third-order valence-electron chi connectivity index (χ3n) is 4.82. The van der Waals surface area contributed by atoms with Crippen molar-refractivity contribution in [2.75, 3.05) is 5.32 Å². The van der Waals surface area contributed by atoms with E-state index >= 15 is 0 Å². The summed E-state index contributed by atoms with van der Waals surface area (Å²) in [4.78, 5) is 22.6. The van der Waals surface area contributed by atoms with Gasteiger partial charge in [-0.3, -0.25) is 10.1 Å². The molecule has 5 aromatic rings. The standard InChI is InChI=1S/C24H18N4O2S2/c1-15-25-22(30-28-15)14-31-21-9-5-4-8-19(21)23(29)27-24-26-20(13-32-24)18-11-10-16-6-2-3-7-17(16)12-18/h2-13H,14H2,1H3,(H,26,27,29). The molecule has 5 rings (SSSR count). The molecule has 0 atom stereocenters. The SMILES string of the molecule is Cc1noc(CSc2ccccc2C(=O)Nc2nc(-c3ccc4ccccc4c3)cs2)n1. The van der Waals surface area contributed by atoms with Crippen LogP contribution in [-0.2, 0) is 5.75 Å². The second-order valence-electron chi connectivity index (χ2n) is 7.07. The van der Waals surface area contributed by atoms with Gasteiger partial charge in [0.2, 0.25) is 5.89 Å². The summed E-state index contributed by atoms with van der Waals surface area (Å²) >= 11 is 2.89. The Balaban J connectivity index is 1.32. The average Bonchev–Trinajstić information content (AvgIpc) is 3.46. The van der Waals surface area contributed by atoms with Gasteiger partial charge in [0.1, 0.15) is 0 Å². The highest BCUT2D eigenvalue weighted by molar-refractivity contribution is 7.98. The lowest BCUT2D eigenvalue weighted by Crippen LogP contribution is -2.12. The maximum Gasteiger partial charge on any atom is 0.258 e. The highest BCUT2D eigenvalue weighted by Gasteiger charge is 2.15.